The van der Waals surface area contributed by atoms with Gasteiger partial charge in [-0.05, 0) is 31.2 Å². The highest BCUT2D eigenvalue weighted by atomic mass is 19.4. The van der Waals surface area contributed by atoms with E-state index in [1.807, 2.05) is 0 Å². The molecule has 0 spiro atoms. The summed E-state index contributed by atoms with van der Waals surface area (Å²) in [5.41, 5.74) is 0.203. The Morgan fingerprint density at radius 2 is 1.88 bits per heavy atom. The normalized spacial score (nSPS) is 10.9. The lowest BCUT2D eigenvalue weighted by Crippen LogP contribution is -2.20. The Bertz CT molecular complexity index is 789. The average Bonchev–Trinajstić information content (AvgIpc) is 2.88. The Morgan fingerprint density at radius 1 is 1.23 bits per heavy atom. The third-order valence-electron chi connectivity index (χ3n) is 2.85. The van der Waals surface area contributed by atoms with Gasteiger partial charge in [-0.15, -0.1) is 13.2 Å². The molecular formula is C14H13F3N4O5. The van der Waals surface area contributed by atoms with Crippen molar-refractivity contribution in [3.63, 3.8) is 0 Å². The van der Waals surface area contributed by atoms with Gasteiger partial charge in [0, 0.05) is 12.2 Å². The number of nitrogens with one attached hydrogen (secondary N) is 2. The van der Waals surface area contributed by atoms with Crippen LogP contribution in [0.2, 0.25) is 0 Å². The predicted molar refractivity (Wildman–Crippen MR) is 82.3 cm³/mol. The van der Waals surface area contributed by atoms with Crippen LogP contribution in [0.15, 0.2) is 30.5 Å². The fraction of sp³-hybridized carbons (Fsp3) is 0.214. The number of hydrogen-bond donors (Lipinski definition) is 3. The second-order valence-electron chi connectivity index (χ2n) is 4.71. The van der Waals surface area contributed by atoms with E-state index in [2.05, 4.69) is 25.1 Å². The number of carboxylic acid groups (broad SMARTS) is 1. The summed E-state index contributed by atoms with van der Waals surface area (Å²) in [6.07, 6.45) is -5.00. The highest BCUT2D eigenvalue weighted by Gasteiger charge is 2.30. The molecule has 0 aliphatic heterocycles. The van der Waals surface area contributed by atoms with E-state index in [1.165, 1.54) is 22.9 Å². The second kappa shape index (κ2) is 7.63. The van der Waals surface area contributed by atoms with Crippen molar-refractivity contribution in [2.75, 3.05) is 10.6 Å². The number of carbonyl (C=O) groups excluding carboxylic acids is 1. The van der Waals surface area contributed by atoms with Gasteiger partial charge in [0.05, 0.1) is 6.20 Å². The molecule has 1 heterocycles. The molecule has 1 aromatic carbocycles. The van der Waals surface area contributed by atoms with Gasteiger partial charge in [-0.2, -0.15) is 4.98 Å². The predicted octanol–water partition coefficient (Wildman–Crippen LogP) is 3.50. The molecule has 3 N–H and O–H groups in total. The van der Waals surface area contributed by atoms with Crippen molar-refractivity contribution in [2.24, 2.45) is 0 Å². The van der Waals surface area contributed by atoms with Crippen LogP contribution in [0.25, 0.3) is 0 Å². The molecule has 2 aromatic rings. The minimum absolute atomic E-state index is 0.0256. The van der Waals surface area contributed by atoms with E-state index in [9.17, 15) is 22.8 Å². The number of rotatable bonds is 5. The minimum Gasteiger partial charge on any atom is -0.449 e. The molecule has 0 aliphatic rings. The van der Waals surface area contributed by atoms with E-state index in [0.717, 1.165) is 12.1 Å². The highest BCUT2D eigenvalue weighted by molar-refractivity contribution is 5.99. The summed E-state index contributed by atoms with van der Waals surface area (Å²) in [7, 11) is 0. The number of ether oxygens (including phenoxy) is 2. The van der Waals surface area contributed by atoms with Crippen LogP contribution in [-0.2, 0) is 6.54 Å². The van der Waals surface area contributed by atoms with Gasteiger partial charge in [0.25, 0.3) is 0 Å². The Kier molecular flexibility index (Phi) is 5.54. The number of aryl methyl sites for hydroxylation is 1. The smallest absolute Gasteiger partial charge is 0.449 e. The Balaban J connectivity index is 1.98. The molecule has 0 fully saturated rings. The van der Waals surface area contributed by atoms with Crippen LogP contribution in [0.3, 0.4) is 0 Å². The van der Waals surface area contributed by atoms with Crippen molar-refractivity contribution in [3.8, 4) is 11.8 Å². The van der Waals surface area contributed by atoms with Crippen LogP contribution in [0.4, 0.5) is 34.3 Å². The molecule has 1 aromatic heterocycles. The zero-order chi connectivity index (χ0) is 19.3. The van der Waals surface area contributed by atoms with Crippen molar-refractivity contribution in [3.05, 3.63) is 30.5 Å². The Labute approximate surface area is 144 Å². The largest absolute Gasteiger partial charge is 0.573 e. The summed E-state index contributed by atoms with van der Waals surface area (Å²) in [5, 5.41) is 13.3. The summed E-state index contributed by atoms with van der Waals surface area (Å²) < 4.78 is 45.8. The van der Waals surface area contributed by atoms with Gasteiger partial charge >= 0.3 is 24.6 Å². The lowest BCUT2D eigenvalue weighted by molar-refractivity contribution is -0.274. The second-order valence-corrected chi connectivity index (χ2v) is 4.71. The van der Waals surface area contributed by atoms with Gasteiger partial charge in [-0.25, -0.2) is 9.59 Å². The first-order valence-corrected chi connectivity index (χ1v) is 7.08. The number of anilines is 2. The maximum absolute atomic E-state index is 12.1. The third kappa shape index (κ3) is 5.58. The van der Waals surface area contributed by atoms with E-state index >= 15 is 0 Å². The molecular weight excluding hydrogens is 361 g/mol. The number of hydrogen-bond acceptors (Lipinski definition) is 5. The molecule has 0 radical (unpaired) electrons. The van der Waals surface area contributed by atoms with E-state index in [4.69, 9.17) is 5.11 Å². The molecule has 0 saturated carbocycles. The van der Waals surface area contributed by atoms with Crippen molar-refractivity contribution in [2.45, 2.75) is 19.8 Å². The number of urea groups is 1. The molecule has 12 heteroatoms. The number of carbonyl (C=O) groups is 2. The van der Waals surface area contributed by atoms with Crippen LogP contribution < -0.4 is 20.1 Å². The number of imidazole rings is 1. The van der Waals surface area contributed by atoms with Crippen molar-refractivity contribution < 1.29 is 37.3 Å². The van der Waals surface area contributed by atoms with Crippen LogP contribution >= 0.6 is 0 Å². The minimum atomic E-state index is -4.81. The zero-order valence-electron chi connectivity index (χ0n) is 13.2. The van der Waals surface area contributed by atoms with Crippen LogP contribution in [0.5, 0.6) is 11.8 Å². The molecule has 140 valence electrons. The molecule has 0 aliphatic carbocycles. The standard InChI is InChI=1S/C14H13F3N4O5/c1-2-21-7-10(20-12(21)25-13(23)24)19-11(22)18-8-3-5-9(6-4-8)26-14(15,16)17/h3-7H,2H2,1H3,(H,23,24)(H2,18,19,22). The van der Waals surface area contributed by atoms with Gasteiger partial charge in [0.1, 0.15) is 5.75 Å². The van der Waals surface area contributed by atoms with Crippen molar-refractivity contribution in [1.82, 2.24) is 9.55 Å². The quantitative estimate of drug-likeness (QED) is 0.690. The maximum atomic E-state index is 12.1. The fourth-order valence-corrected chi connectivity index (χ4v) is 1.86. The number of aromatic nitrogens is 2. The van der Waals surface area contributed by atoms with E-state index in [0.29, 0.717) is 6.54 Å². The first kappa shape index (κ1) is 18.9. The summed E-state index contributed by atoms with van der Waals surface area (Å²) in [4.78, 5) is 26.3. The summed E-state index contributed by atoms with van der Waals surface area (Å²) in [6.45, 7) is 2.06. The summed E-state index contributed by atoms with van der Waals surface area (Å²) >= 11 is 0. The first-order chi connectivity index (χ1) is 12.2. The van der Waals surface area contributed by atoms with Gasteiger partial charge in [0.15, 0.2) is 5.82 Å². The molecule has 26 heavy (non-hydrogen) atoms. The van der Waals surface area contributed by atoms with Crippen LogP contribution in [-0.4, -0.2) is 33.2 Å². The van der Waals surface area contributed by atoms with Crippen molar-refractivity contribution >= 4 is 23.7 Å². The van der Waals surface area contributed by atoms with Crippen molar-refractivity contribution in [1.29, 1.82) is 0 Å². The lowest BCUT2D eigenvalue weighted by atomic mass is 10.3. The SMILES string of the molecule is CCn1cc(NC(=O)Nc2ccc(OC(F)(F)F)cc2)nc1OC(=O)O. The average molecular weight is 374 g/mol. The van der Waals surface area contributed by atoms with Gasteiger partial charge < -0.3 is 19.9 Å². The third-order valence-corrected chi connectivity index (χ3v) is 2.85. The number of halogens is 3. The monoisotopic (exact) mass is 374 g/mol. The molecule has 2 amide bonds. The highest BCUT2D eigenvalue weighted by Crippen LogP contribution is 2.24. The molecule has 0 unspecified atom stereocenters. The number of alkyl halides is 3. The topological polar surface area (TPSA) is 115 Å². The lowest BCUT2D eigenvalue weighted by Gasteiger charge is -2.10. The molecule has 9 nitrogen and oxygen atoms in total. The maximum Gasteiger partial charge on any atom is 0.573 e. The number of benzene rings is 1. The number of nitrogens with zero attached hydrogens (tertiary/aromatic N) is 2. The molecule has 0 atom stereocenters. The van der Waals surface area contributed by atoms with Crippen LogP contribution in [0.1, 0.15) is 6.92 Å². The van der Waals surface area contributed by atoms with E-state index in [-0.39, 0.29) is 17.5 Å². The zero-order valence-corrected chi connectivity index (χ0v) is 13.2. The Hall–Kier alpha value is -3.44. The van der Waals surface area contributed by atoms with E-state index < -0.39 is 24.3 Å². The summed E-state index contributed by atoms with van der Waals surface area (Å²) in [5.74, 6) is -0.404. The van der Waals surface area contributed by atoms with E-state index in [1.54, 1.807) is 6.92 Å². The first-order valence-electron chi connectivity index (χ1n) is 7.08. The van der Waals surface area contributed by atoms with Gasteiger partial charge in [0.2, 0.25) is 0 Å². The number of amides is 2. The van der Waals surface area contributed by atoms with Gasteiger partial charge in [-0.3, -0.25) is 9.88 Å². The fourth-order valence-electron chi connectivity index (χ4n) is 1.86. The molecule has 2 rings (SSSR count). The Morgan fingerprint density at radius 3 is 2.42 bits per heavy atom. The summed E-state index contributed by atoms with van der Waals surface area (Å²) in [6, 6.07) is 3.54. The van der Waals surface area contributed by atoms with Gasteiger partial charge in [-0.1, -0.05) is 0 Å². The molecule has 0 bridgehead atoms. The van der Waals surface area contributed by atoms with Crippen LogP contribution in [0, 0.1) is 0 Å². The molecule has 0 saturated heterocycles.